The number of carbonyl (C=O) groups excluding carboxylic acids is 3. The lowest BCUT2D eigenvalue weighted by Gasteiger charge is -2.30. The number of likely N-dealkylation sites (N-methyl/N-ethyl adjacent to an activating group) is 1. The third kappa shape index (κ3) is 5.27. The number of halogens is 1. The van der Waals surface area contributed by atoms with Crippen molar-refractivity contribution in [2.24, 2.45) is 0 Å². The molecule has 3 rings (SSSR count). The third-order valence-electron chi connectivity index (χ3n) is 5.67. The van der Waals surface area contributed by atoms with Gasteiger partial charge in [-0.05, 0) is 49.6 Å². The average Bonchev–Trinajstić information content (AvgIpc) is 3.01. The van der Waals surface area contributed by atoms with Crippen LogP contribution in [0.2, 0.25) is 0 Å². The zero-order valence-electron chi connectivity index (χ0n) is 19.2. The molecule has 2 aromatic rings. The molecule has 1 aliphatic heterocycles. The van der Waals surface area contributed by atoms with Crippen molar-refractivity contribution in [2.75, 3.05) is 13.1 Å². The van der Waals surface area contributed by atoms with Crippen molar-refractivity contribution in [2.45, 2.75) is 50.6 Å². The van der Waals surface area contributed by atoms with E-state index in [1.165, 1.54) is 29.2 Å². The maximum Gasteiger partial charge on any atom is 0.269 e. The summed E-state index contributed by atoms with van der Waals surface area (Å²) in [5.41, 5.74) is 0.777. The number of nitrogens with zero attached hydrogens (tertiary/aromatic N) is 2. The monoisotopic (exact) mass is 489 g/mol. The Labute approximate surface area is 198 Å². The summed E-state index contributed by atoms with van der Waals surface area (Å²) < 4.78 is 39.5. The molecule has 182 valence electrons. The van der Waals surface area contributed by atoms with Gasteiger partial charge in [0.15, 0.2) is 0 Å². The first kappa shape index (κ1) is 25.4. The van der Waals surface area contributed by atoms with Crippen LogP contribution in [0.4, 0.5) is 4.39 Å². The van der Waals surface area contributed by atoms with Crippen LogP contribution in [0.1, 0.15) is 49.0 Å². The Morgan fingerprint density at radius 1 is 1.09 bits per heavy atom. The highest BCUT2D eigenvalue weighted by molar-refractivity contribution is 7.90. The summed E-state index contributed by atoms with van der Waals surface area (Å²) in [4.78, 5) is 39.7. The molecule has 34 heavy (non-hydrogen) atoms. The quantitative estimate of drug-likeness (QED) is 0.553. The molecule has 1 aliphatic rings. The van der Waals surface area contributed by atoms with E-state index in [4.69, 9.17) is 0 Å². The lowest BCUT2D eigenvalue weighted by molar-refractivity contribution is -0.141. The molecule has 2 aromatic carbocycles. The van der Waals surface area contributed by atoms with Gasteiger partial charge in [-0.15, -0.1) is 0 Å². The fourth-order valence-electron chi connectivity index (χ4n) is 3.97. The molecule has 0 saturated heterocycles. The Balaban J connectivity index is 1.73. The zero-order valence-corrected chi connectivity index (χ0v) is 20.0. The third-order valence-corrected chi connectivity index (χ3v) is 7.51. The molecule has 1 heterocycles. The summed E-state index contributed by atoms with van der Waals surface area (Å²) >= 11 is 0. The molecule has 0 spiro atoms. The van der Waals surface area contributed by atoms with E-state index in [1.54, 1.807) is 38.1 Å². The first-order valence-electron chi connectivity index (χ1n) is 11.2. The fourth-order valence-corrected chi connectivity index (χ4v) is 5.58. The van der Waals surface area contributed by atoms with Gasteiger partial charge in [0.2, 0.25) is 11.8 Å². The van der Waals surface area contributed by atoms with Gasteiger partial charge in [0.05, 0.1) is 5.56 Å². The van der Waals surface area contributed by atoms with Gasteiger partial charge in [-0.3, -0.25) is 14.4 Å². The highest BCUT2D eigenvalue weighted by atomic mass is 32.2. The summed E-state index contributed by atoms with van der Waals surface area (Å²) in [6.07, 6.45) is 0.406. The second-order valence-corrected chi connectivity index (χ2v) is 9.78. The van der Waals surface area contributed by atoms with Crippen molar-refractivity contribution < 1.29 is 27.2 Å². The van der Waals surface area contributed by atoms with E-state index in [2.05, 4.69) is 5.32 Å². The average molecular weight is 490 g/mol. The fraction of sp³-hybridized carbons (Fsp3) is 0.375. The van der Waals surface area contributed by atoms with Gasteiger partial charge in [0, 0.05) is 26.1 Å². The normalized spacial score (nSPS) is 15.0. The molecule has 8 nitrogen and oxygen atoms in total. The van der Waals surface area contributed by atoms with Crippen molar-refractivity contribution in [1.29, 1.82) is 0 Å². The van der Waals surface area contributed by atoms with E-state index in [-0.39, 0.29) is 48.2 Å². The van der Waals surface area contributed by atoms with Crippen molar-refractivity contribution in [1.82, 2.24) is 14.5 Å². The predicted octanol–water partition coefficient (Wildman–Crippen LogP) is 2.69. The zero-order chi connectivity index (χ0) is 24.9. The maximum atomic E-state index is 13.3. The number of carbonyl (C=O) groups is 3. The Bertz CT molecular complexity index is 1170. The highest BCUT2D eigenvalue weighted by Crippen LogP contribution is 2.30. The largest absolute Gasteiger partial charge is 0.355 e. The van der Waals surface area contributed by atoms with Crippen LogP contribution >= 0.6 is 0 Å². The summed E-state index contributed by atoms with van der Waals surface area (Å²) in [6.45, 7) is 3.92. The minimum absolute atomic E-state index is 0.0356. The van der Waals surface area contributed by atoms with Crippen LogP contribution in [0.25, 0.3) is 0 Å². The predicted molar refractivity (Wildman–Crippen MR) is 124 cm³/mol. The first-order chi connectivity index (χ1) is 16.2. The SMILES string of the molecule is CCNC(=O)C(CC)N(Cc1ccc(F)cc1)C(=O)CCCN1C(=O)c2ccccc2S1(=O)=O. The van der Waals surface area contributed by atoms with Gasteiger partial charge >= 0.3 is 0 Å². The van der Waals surface area contributed by atoms with Crippen LogP contribution in [0, 0.1) is 5.82 Å². The van der Waals surface area contributed by atoms with E-state index in [9.17, 15) is 27.2 Å². The summed E-state index contributed by atoms with van der Waals surface area (Å²) in [5.74, 6) is -1.67. The van der Waals surface area contributed by atoms with Crippen LogP contribution in [0.5, 0.6) is 0 Å². The Morgan fingerprint density at radius 3 is 2.38 bits per heavy atom. The second kappa shape index (κ2) is 10.8. The molecule has 0 aromatic heterocycles. The van der Waals surface area contributed by atoms with Gasteiger partial charge in [-0.1, -0.05) is 31.2 Å². The van der Waals surface area contributed by atoms with Crippen molar-refractivity contribution >= 4 is 27.7 Å². The lowest BCUT2D eigenvalue weighted by Crippen LogP contribution is -2.49. The van der Waals surface area contributed by atoms with Gasteiger partial charge in [-0.2, -0.15) is 0 Å². The topological polar surface area (TPSA) is 104 Å². The summed E-state index contributed by atoms with van der Waals surface area (Å²) in [5, 5.41) is 2.73. The minimum atomic E-state index is -3.95. The van der Waals surface area contributed by atoms with Gasteiger partial charge in [0.1, 0.15) is 16.8 Å². The van der Waals surface area contributed by atoms with E-state index in [0.29, 0.717) is 18.5 Å². The molecule has 10 heteroatoms. The smallest absolute Gasteiger partial charge is 0.269 e. The van der Waals surface area contributed by atoms with E-state index in [0.717, 1.165) is 4.31 Å². The molecular weight excluding hydrogens is 461 g/mol. The Hall–Kier alpha value is -3.27. The van der Waals surface area contributed by atoms with E-state index >= 15 is 0 Å². The standard InChI is InChI=1S/C24H28FN3O5S/c1-3-20(23(30)26-4-2)27(16-17-11-13-18(25)14-12-17)22(29)10-7-15-28-24(31)19-8-5-6-9-21(19)34(28,32)33/h5-6,8-9,11-14,20H,3-4,7,10,15-16H2,1-2H3,(H,26,30). The molecular formula is C24H28FN3O5S. The Kier molecular flexibility index (Phi) is 8.03. The summed E-state index contributed by atoms with van der Waals surface area (Å²) in [6, 6.07) is 10.9. The number of fused-ring (bicyclic) bond motifs is 1. The van der Waals surface area contributed by atoms with Crippen molar-refractivity contribution in [3.05, 3.63) is 65.5 Å². The number of sulfonamides is 1. The number of benzene rings is 2. The Morgan fingerprint density at radius 2 is 1.76 bits per heavy atom. The molecule has 1 unspecified atom stereocenters. The summed E-state index contributed by atoms with van der Waals surface area (Å²) in [7, 11) is -3.95. The van der Waals surface area contributed by atoms with Gasteiger partial charge < -0.3 is 10.2 Å². The van der Waals surface area contributed by atoms with Crippen molar-refractivity contribution in [3.8, 4) is 0 Å². The molecule has 0 bridgehead atoms. The van der Waals surface area contributed by atoms with Crippen LogP contribution in [0.3, 0.4) is 0 Å². The minimum Gasteiger partial charge on any atom is -0.355 e. The second-order valence-electron chi connectivity index (χ2n) is 7.95. The number of amides is 3. The number of hydrogen-bond donors (Lipinski definition) is 1. The molecule has 1 N–H and O–H groups in total. The number of rotatable bonds is 10. The molecule has 3 amide bonds. The molecule has 0 radical (unpaired) electrons. The van der Waals surface area contributed by atoms with Crippen molar-refractivity contribution in [3.63, 3.8) is 0 Å². The van der Waals surface area contributed by atoms with Crippen LogP contribution in [-0.2, 0) is 26.2 Å². The first-order valence-corrected chi connectivity index (χ1v) is 12.6. The van der Waals surface area contributed by atoms with Gasteiger partial charge in [-0.25, -0.2) is 17.1 Å². The van der Waals surface area contributed by atoms with Gasteiger partial charge in [0.25, 0.3) is 15.9 Å². The molecule has 1 atom stereocenters. The van der Waals surface area contributed by atoms with Crippen LogP contribution in [0.15, 0.2) is 53.4 Å². The lowest BCUT2D eigenvalue weighted by atomic mass is 10.1. The highest BCUT2D eigenvalue weighted by Gasteiger charge is 2.40. The number of nitrogens with one attached hydrogen (secondary N) is 1. The molecule has 0 aliphatic carbocycles. The van der Waals surface area contributed by atoms with Crippen LogP contribution in [-0.4, -0.2) is 54.5 Å². The molecule has 0 fully saturated rings. The molecule has 0 saturated carbocycles. The van der Waals surface area contributed by atoms with E-state index in [1.807, 2.05) is 0 Å². The van der Waals surface area contributed by atoms with Crippen LogP contribution < -0.4 is 5.32 Å². The number of hydrogen-bond acceptors (Lipinski definition) is 5. The maximum absolute atomic E-state index is 13.3. The van der Waals surface area contributed by atoms with E-state index < -0.39 is 27.8 Å².